The Hall–Kier alpha value is -1.88. The van der Waals surface area contributed by atoms with E-state index in [1.165, 1.54) is 0 Å². The minimum Gasteiger partial charge on any atom is -0.352 e. The predicted octanol–water partition coefficient (Wildman–Crippen LogP) is 1.17. The van der Waals surface area contributed by atoms with Gasteiger partial charge in [-0.25, -0.2) is 0 Å². The van der Waals surface area contributed by atoms with E-state index >= 15 is 0 Å². The molecule has 0 aliphatic heterocycles. The predicted molar refractivity (Wildman–Crippen MR) is 84.1 cm³/mol. The number of nitrogens with one attached hydrogen (secondary N) is 1. The van der Waals surface area contributed by atoms with Gasteiger partial charge < -0.3 is 16.0 Å². The van der Waals surface area contributed by atoms with Crippen molar-refractivity contribution >= 4 is 11.8 Å². The van der Waals surface area contributed by atoms with E-state index < -0.39 is 0 Å². The summed E-state index contributed by atoms with van der Waals surface area (Å²) in [7, 11) is 0. The van der Waals surface area contributed by atoms with Crippen LogP contribution in [0.4, 0.5) is 0 Å². The standard InChI is InChI=1S/C16H25N3O2/c1-4-19(11-15(20)18-12(2)3)16(21)14-7-5-6-13(10-14)8-9-17/h5-7,10,12H,4,8-9,11,17H2,1-3H3,(H,18,20). The molecule has 0 saturated carbocycles. The fourth-order valence-electron chi connectivity index (χ4n) is 2.08. The average Bonchev–Trinajstić information content (AvgIpc) is 2.44. The van der Waals surface area contributed by atoms with E-state index in [2.05, 4.69) is 5.32 Å². The van der Waals surface area contributed by atoms with Crippen molar-refractivity contribution in [3.8, 4) is 0 Å². The molecule has 0 spiro atoms. The van der Waals surface area contributed by atoms with Crippen LogP contribution in [0, 0.1) is 0 Å². The topological polar surface area (TPSA) is 75.4 Å². The monoisotopic (exact) mass is 291 g/mol. The van der Waals surface area contributed by atoms with Crippen molar-refractivity contribution < 1.29 is 9.59 Å². The Bertz CT molecular complexity index is 486. The second-order valence-corrected chi connectivity index (χ2v) is 5.28. The summed E-state index contributed by atoms with van der Waals surface area (Å²) >= 11 is 0. The number of hydrogen-bond donors (Lipinski definition) is 2. The molecule has 1 rings (SSSR count). The molecule has 0 saturated heterocycles. The second-order valence-electron chi connectivity index (χ2n) is 5.28. The van der Waals surface area contributed by atoms with E-state index in [9.17, 15) is 9.59 Å². The Kier molecular flexibility index (Phi) is 6.88. The van der Waals surface area contributed by atoms with Gasteiger partial charge in [0.05, 0.1) is 6.54 Å². The molecule has 1 aromatic carbocycles. The summed E-state index contributed by atoms with van der Waals surface area (Å²) in [5.74, 6) is -0.270. The highest BCUT2D eigenvalue weighted by molar-refractivity contribution is 5.96. The first-order valence-corrected chi connectivity index (χ1v) is 7.35. The van der Waals surface area contributed by atoms with E-state index in [4.69, 9.17) is 5.73 Å². The maximum atomic E-state index is 12.5. The van der Waals surface area contributed by atoms with Gasteiger partial charge in [0, 0.05) is 18.2 Å². The van der Waals surface area contributed by atoms with Gasteiger partial charge in [-0.05, 0) is 51.4 Å². The summed E-state index contributed by atoms with van der Waals surface area (Å²) in [4.78, 5) is 25.8. The number of likely N-dealkylation sites (N-methyl/N-ethyl adjacent to an activating group) is 1. The highest BCUT2D eigenvalue weighted by atomic mass is 16.2. The van der Waals surface area contributed by atoms with Gasteiger partial charge in [0.2, 0.25) is 5.91 Å². The number of nitrogens with two attached hydrogens (primary N) is 1. The zero-order valence-corrected chi connectivity index (χ0v) is 13.1. The number of carbonyl (C=O) groups is 2. The molecule has 0 aliphatic rings. The molecule has 0 aromatic heterocycles. The first-order chi connectivity index (χ1) is 9.97. The molecular formula is C16H25N3O2. The van der Waals surface area contributed by atoms with Gasteiger partial charge in [0.15, 0.2) is 0 Å². The van der Waals surface area contributed by atoms with Crippen molar-refractivity contribution in [2.75, 3.05) is 19.6 Å². The number of nitrogens with zero attached hydrogens (tertiary/aromatic N) is 1. The largest absolute Gasteiger partial charge is 0.352 e. The highest BCUT2D eigenvalue weighted by Crippen LogP contribution is 2.09. The van der Waals surface area contributed by atoms with Gasteiger partial charge in [-0.1, -0.05) is 12.1 Å². The molecule has 5 nitrogen and oxygen atoms in total. The van der Waals surface area contributed by atoms with Crippen molar-refractivity contribution in [2.45, 2.75) is 33.2 Å². The molecule has 0 atom stereocenters. The zero-order valence-electron chi connectivity index (χ0n) is 13.1. The average molecular weight is 291 g/mol. The normalized spacial score (nSPS) is 10.5. The smallest absolute Gasteiger partial charge is 0.254 e. The summed E-state index contributed by atoms with van der Waals surface area (Å²) in [6.45, 7) is 6.77. The molecule has 5 heteroatoms. The molecule has 0 aliphatic carbocycles. The Morgan fingerprint density at radius 1 is 1.33 bits per heavy atom. The molecule has 0 bridgehead atoms. The van der Waals surface area contributed by atoms with Crippen LogP contribution in [-0.2, 0) is 11.2 Å². The van der Waals surface area contributed by atoms with Crippen LogP contribution in [0.3, 0.4) is 0 Å². The van der Waals surface area contributed by atoms with Crippen molar-refractivity contribution in [2.24, 2.45) is 5.73 Å². The third kappa shape index (κ3) is 5.55. The molecule has 3 N–H and O–H groups in total. The van der Waals surface area contributed by atoms with Gasteiger partial charge in [0.1, 0.15) is 0 Å². The van der Waals surface area contributed by atoms with Crippen molar-refractivity contribution in [1.29, 1.82) is 0 Å². The van der Waals surface area contributed by atoms with Gasteiger partial charge in [-0.3, -0.25) is 9.59 Å². The summed E-state index contributed by atoms with van der Waals surface area (Å²) < 4.78 is 0. The number of amides is 2. The van der Waals surface area contributed by atoms with Crippen molar-refractivity contribution in [3.63, 3.8) is 0 Å². The maximum Gasteiger partial charge on any atom is 0.254 e. The van der Waals surface area contributed by atoms with Gasteiger partial charge in [-0.15, -0.1) is 0 Å². The SMILES string of the molecule is CCN(CC(=O)NC(C)C)C(=O)c1cccc(CCN)c1. The van der Waals surface area contributed by atoms with Gasteiger partial charge >= 0.3 is 0 Å². The molecule has 0 radical (unpaired) electrons. The van der Waals surface area contributed by atoms with E-state index in [-0.39, 0.29) is 24.4 Å². The Labute approximate surface area is 126 Å². The van der Waals surface area contributed by atoms with E-state index in [1.807, 2.05) is 39.0 Å². The molecule has 0 fully saturated rings. The van der Waals surface area contributed by atoms with Crippen LogP contribution in [0.2, 0.25) is 0 Å². The van der Waals surface area contributed by atoms with E-state index in [0.29, 0.717) is 18.7 Å². The van der Waals surface area contributed by atoms with Gasteiger partial charge in [-0.2, -0.15) is 0 Å². The zero-order chi connectivity index (χ0) is 15.8. The number of hydrogen-bond acceptors (Lipinski definition) is 3. The van der Waals surface area contributed by atoms with E-state index in [1.54, 1.807) is 11.0 Å². The minimum atomic E-state index is -0.140. The number of rotatable bonds is 7. The fourth-order valence-corrected chi connectivity index (χ4v) is 2.08. The lowest BCUT2D eigenvalue weighted by molar-refractivity contribution is -0.122. The Morgan fingerprint density at radius 3 is 2.62 bits per heavy atom. The first-order valence-electron chi connectivity index (χ1n) is 7.35. The molecule has 0 heterocycles. The summed E-state index contributed by atoms with van der Waals surface area (Å²) in [6.07, 6.45) is 0.737. The first kappa shape index (κ1) is 17.2. The van der Waals surface area contributed by atoms with Crippen LogP contribution >= 0.6 is 0 Å². The van der Waals surface area contributed by atoms with Crippen LogP contribution in [0.15, 0.2) is 24.3 Å². The summed E-state index contributed by atoms with van der Waals surface area (Å²) in [5.41, 5.74) is 7.17. The van der Waals surface area contributed by atoms with Crippen LogP contribution in [0.5, 0.6) is 0 Å². The minimum absolute atomic E-state index is 0.0687. The van der Waals surface area contributed by atoms with Crippen molar-refractivity contribution in [1.82, 2.24) is 10.2 Å². The van der Waals surface area contributed by atoms with Gasteiger partial charge in [0.25, 0.3) is 5.91 Å². The summed E-state index contributed by atoms with van der Waals surface area (Å²) in [5, 5.41) is 2.80. The Morgan fingerprint density at radius 2 is 2.05 bits per heavy atom. The summed E-state index contributed by atoms with van der Waals surface area (Å²) in [6, 6.07) is 7.48. The number of benzene rings is 1. The Balaban J connectivity index is 2.78. The lowest BCUT2D eigenvalue weighted by Crippen LogP contribution is -2.42. The van der Waals surface area contributed by atoms with Crippen LogP contribution in [0.25, 0.3) is 0 Å². The number of carbonyl (C=O) groups excluding carboxylic acids is 2. The lowest BCUT2D eigenvalue weighted by Gasteiger charge is -2.21. The van der Waals surface area contributed by atoms with Crippen LogP contribution in [0.1, 0.15) is 36.7 Å². The quantitative estimate of drug-likeness (QED) is 0.792. The van der Waals surface area contributed by atoms with Crippen LogP contribution < -0.4 is 11.1 Å². The van der Waals surface area contributed by atoms with Crippen LogP contribution in [-0.4, -0.2) is 42.4 Å². The molecular weight excluding hydrogens is 266 g/mol. The highest BCUT2D eigenvalue weighted by Gasteiger charge is 2.17. The maximum absolute atomic E-state index is 12.5. The van der Waals surface area contributed by atoms with Crippen molar-refractivity contribution in [3.05, 3.63) is 35.4 Å². The van der Waals surface area contributed by atoms with E-state index in [0.717, 1.165) is 12.0 Å². The third-order valence-electron chi connectivity index (χ3n) is 3.06. The molecule has 1 aromatic rings. The lowest BCUT2D eigenvalue weighted by atomic mass is 10.1. The molecule has 0 unspecified atom stereocenters. The third-order valence-corrected chi connectivity index (χ3v) is 3.06. The molecule has 116 valence electrons. The fraction of sp³-hybridized carbons (Fsp3) is 0.500. The second kappa shape index (κ2) is 8.42. The molecule has 21 heavy (non-hydrogen) atoms. The molecule has 2 amide bonds.